The van der Waals surface area contributed by atoms with E-state index in [0.717, 1.165) is 18.2 Å². The molecule has 144 valence electrons. The van der Waals surface area contributed by atoms with E-state index in [9.17, 15) is 18.4 Å². The van der Waals surface area contributed by atoms with Gasteiger partial charge in [0.1, 0.15) is 10.6 Å². The Bertz CT molecular complexity index is 1040. The van der Waals surface area contributed by atoms with Crippen molar-refractivity contribution in [3.05, 3.63) is 65.1 Å². The summed E-state index contributed by atoms with van der Waals surface area (Å²) in [5.41, 5.74) is 0.384. The summed E-state index contributed by atoms with van der Waals surface area (Å²) in [6, 6.07) is 6.09. The third-order valence-electron chi connectivity index (χ3n) is 3.77. The lowest BCUT2D eigenvalue weighted by atomic mass is 10.1. The van der Waals surface area contributed by atoms with E-state index >= 15 is 0 Å². The number of Topliss-reactive ketones (excluding diaryl/α,β-unsaturated/α-hetero) is 1. The van der Waals surface area contributed by atoms with Crippen molar-refractivity contribution in [2.45, 2.75) is 11.9 Å². The van der Waals surface area contributed by atoms with E-state index in [2.05, 4.69) is 9.97 Å². The van der Waals surface area contributed by atoms with E-state index < -0.39 is 30.0 Å². The van der Waals surface area contributed by atoms with Crippen LogP contribution in [-0.4, -0.2) is 34.6 Å². The molecule has 0 aliphatic rings. The smallest absolute Gasteiger partial charge is 0.343 e. The number of thioether (sulfide) groups is 1. The highest BCUT2D eigenvalue weighted by atomic mass is 32.2. The number of hydrogen-bond donors (Lipinski definition) is 0. The third-order valence-corrected chi connectivity index (χ3v) is 4.45. The van der Waals surface area contributed by atoms with Crippen LogP contribution in [0.5, 0.6) is 0 Å². The van der Waals surface area contributed by atoms with Crippen LogP contribution in [0, 0.1) is 18.6 Å². The Labute approximate surface area is 162 Å². The number of halogens is 2. The first-order valence-electron chi connectivity index (χ1n) is 8.02. The number of furan rings is 1. The number of ether oxygens (including phenoxy) is 1. The van der Waals surface area contributed by atoms with E-state index in [-0.39, 0.29) is 11.1 Å². The molecular weight excluding hydrogens is 390 g/mol. The summed E-state index contributed by atoms with van der Waals surface area (Å²) in [6.07, 6.45) is 3.22. The number of aryl methyl sites for hydroxylation is 1. The average Bonchev–Trinajstić information content (AvgIpc) is 3.22. The van der Waals surface area contributed by atoms with Gasteiger partial charge in [0.05, 0.1) is 12.0 Å². The van der Waals surface area contributed by atoms with Crippen LogP contribution in [0.4, 0.5) is 8.78 Å². The van der Waals surface area contributed by atoms with Gasteiger partial charge in [-0.25, -0.2) is 23.5 Å². The van der Waals surface area contributed by atoms with Crippen LogP contribution in [0.2, 0.25) is 0 Å². The molecule has 2 aromatic heterocycles. The van der Waals surface area contributed by atoms with Gasteiger partial charge in [-0.15, -0.1) is 11.8 Å². The maximum absolute atomic E-state index is 13.2. The van der Waals surface area contributed by atoms with E-state index in [1.165, 1.54) is 18.0 Å². The van der Waals surface area contributed by atoms with Crippen LogP contribution >= 0.6 is 11.8 Å². The molecule has 0 aliphatic carbocycles. The average molecular weight is 404 g/mol. The Balaban J connectivity index is 1.78. The lowest BCUT2D eigenvalue weighted by Gasteiger charge is -2.11. The van der Waals surface area contributed by atoms with Crippen molar-refractivity contribution in [1.82, 2.24) is 9.97 Å². The molecule has 0 spiro atoms. The van der Waals surface area contributed by atoms with Crippen molar-refractivity contribution in [2.75, 3.05) is 12.9 Å². The quantitative estimate of drug-likeness (QED) is 0.265. The second kappa shape index (κ2) is 8.30. The Morgan fingerprint density at radius 1 is 1.18 bits per heavy atom. The molecular formula is C19H14F2N2O4S. The zero-order valence-corrected chi connectivity index (χ0v) is 15.7. The van der Waals surface area contributed by atoms with Gasteiger partial charge in [-0.05, 0) is 43.5 Å². The van der Waals surface area contributed by atoms with Gasteiger partial charge in [0.2, 0.25) is 0 Å². The first kappa shape index (κ1) is 19.7. The van der Waals surface area contributed by atoms with Crippen LogP contribution in [-0.2, 0) is 4.74 Å². The molecule has 9 heteroatoms. The summed E-state index contributed by atoms with van der Waals surface area (Å²) in [5, 5.41) is 0.365. The topological polar surface area (TPSA) is 82.3 Å². The summed E-state index contributed by atoms with van der Waals surface area (Å²) >= 11 is 1.21. The van der Waals surface area contributed by atoms with Crippen LogP contribution < -0.4 is 0 Å². The fourth-order valence-electron chi connectivity index (χ4n) is 2.40. The SMILES string of the molecule is CSc1nc(-c2ccco2)nc(C)c1C(=O)OCC(=O)c1ccc(F)c(F)c1. The highest BCUT2D eigenvalue weighted by molar-refractivity contribution is 7.98. The predicted molar refractivity (Wildman–Crippen MR) is 97.2 cm³/mol. The number of rotatable bonds is 6. The fourth-order valence-corrected chi connectivity index (χ4v) is 3.01. The molecule has 0 unspecified atom stereocenters. The fraction of sp³-hybridized carbons (Fsp3) is 0.158. The monoisotopic (exact) mass is 404 g/mol. The van der Waals surface area contributed by atoms with Crippen molar-refractivity contribution < 1.29 is 27.5 Å². The largest absolute Gasteiger partial charge is 0.461 e. The van der Waals surface area contributed by atoms with Crippen molar-refractivity contribution in [2.24, 2.45) is 0 Å². The van der Waals surface area contributed by atoms with Crippen LogP contribution in [0.15, 0.2) is 46.0 Å². The Kier molecular flexibility index (Phi) is 5.84. The van der Waals surface area contributed by atoms with E-state index in [0.29, 0.717) is 22.3 Å². The van der Waals surface area contributed by atoms with Crippen LogP contribution in [0.3, 0.4) is 0 Å². The minimum absolute atomic E-state index is 0.0991. The Hall–Kier alpha value is -3.07. The molecule has 0 saturated carbocycles. The number of carbonyl (C=O) groups excluding carboxylic acids is 2. The molecule has 6 nitrogen and oxygen atoms in total. The van der Waals surface area contributed by atoms with Gasteiger partial charge < -0.3 is 9.15 Å². The maximum atomic E-state index is 13.2. The molecule has 0 radical (unpaired) electrons. The molecule has 0 N–H and O–H groups in total. The number of hydrogen-bond acceptors (Lipinski definition) is 7. The van der Waals surface area contributed by atoms with Crippen molar-refractivity contribution in [3.8, 4) is 11.6 Å². The standard InChI is InChI=1S/C19H14F2N2O4S/c1-10-16(18(28-2)23-17(22-10)15-4-3-7-26-15)19(25)27-9-14(24)11-5-6-12(20)13(21)8-11/h3-8H,9H2,1-2H3. The number of aromatic nitrogens is 2. The lowest BCUT2D eigenvalue weighted by Crippen LogP contribution is -2.17. The first-order chi connectivity index (χ1) is 13.4. The van der Waals surface area contributed by atoms with Gasteiger partial charge in [-0.1, -0.05) is 0 Å². The Morgan fingerprint density at radius 3 is 2.61 bits per heavy atom. The first-order valence-corrected chi connectivity index (χ1v) is 9.25. The number of benzene rings is 1. The normalized spacial score (nSPS) is 10.7. The summed E-state index contributed by atoms with van der Waals surface area (Å²) in [5.74, 6) is -2.90. The van der Waals surface area contributed by atoms with Gasteiger partial charge in [0.25, 0.3) is 0 Å². The molecule has 3 rings (SSSR count). The van der Waals surface area contributed by atoms with Crippen molar-refractivity contribution in [3.63, 3.8) is 0 Å². The second-order valence-electron chi connectivity index (χ2n) is 5.62. The van der Waals surface area contributed by atoms with Crippen molar-refractivity contribution >= 4 is 23.5 Å². The molecule has 0 fully saturated rings. The van der Waals surface area contributed by atoms with Crippen molar-refractivity contribution in [1.29, 1.82) is 0 Å². The maximum Gasteiger partial charge on any atom is 0.343 e. The van der Waals surface area contributed by atoms with Gasteiger partial charge in [-0.3, -0.25) is 4.79 Å². The van der Waals surface area contributed by atoms with Gasteiger partial charge in [0.15, 0.2) is 35.6 Å². The highest BCUT2D eigenvalue weighted by Gasteiger charge is 2.22. The minimum Gasteiger partial charge on any atom is -0.461 e. The summed E-state index contributed by atoms with van der Waals surface area (Å²) in [4.78, 5) is 33.1. The molecule has 3 aromatic rings. The lowest BCUT2D eigenvalue weighted by molar-refractivity contribution is 0.0469. The van der Waals surface area contributed by atoms with E-state index in [1.54, 1.807) is 25.3 Å². The zero-order chi connectivity index (χ0) is 20.3. The third kappa shape index (κ3) is 4.09. The van der Waals surface area contributed by atoms with Gasteiger partial charge in [-0.2, -0.15) is 0 Å². The zero-order valence-electron chi connectivity index (χ0n) is 14.9. The summed E-state index contributed by atoms with van der Waals surface area (Å²) < 4.78 is 36.5. The van der Waals surface area contributed by atoms with Crippen LogP contribution in [0.25, 0.3) is 11.6 Å². The van der Waals surface area contributed by atoms with Crippen LogP contribution in [0.1, 0.15) is 26.4 Å². The number of nitrogens with zero attached hydrogens (tertiary/aromatic N) is 2. The highest BCUT2D eigenvalue weighted by Crippen LogP contribution is 2.25. The molecule has 0 saturated heterocycles. The molecule has 0 bridgehead atoms. The van der Waals surface area contributed by atoms with Gasteiger partial charge >= 0.3 is 5.97 Å². The number of esters is 1. The minimum atomic E-state index is -1.15. The molecule has 28 heavy (non-hydrogen) atoms. The van der Waals surface area contributed by atoms with E-state index in [1.807, 2.05) is 0 Å². The molecule has 0 aliphatic heterocycles. The molecule has 0 atom stereocenters. The molecule has 0 amide bonds. The molecule has 2 heterocycles. The van der Waals surface area contributed by atoms with E-state index in [4.69, 9.17) is 9.15 Å². The van der Waals surface area contributed by atoms with Gasteiger partial charge in [0, 0.05) is 5.56 Å². The number of ketones is 1. The number of carbonyl (C=O) groups is 2. The molecule has 1 aromatic carbocycles. The second-order valence-corrected chi connectivity index (χ2v) is 6.42. The predicted octanol–water partition coefficient (Wildman–Crippen LogP) is 4.08. The summed E-state index contributed by atoms with van der Waals surface area (Å²) in [6.45, 7) is 0.985. The Morgan fingerprint density at radius 2 is 1.96 bits per heavy atom. The summed E-state index contributed by atoms with van der Waals surface area (Å²) in [7, 11) is 0.